The molecule has 0 aliphatic carbocycles. The molecule has 6 nitrogen and oxygen atoms in total. The zero-order valence-corrected chi connectivity index (χ0v) is 13.3. The Hall–Kier alpha value is -2.80. The van der Waals surface area contributed by atoms with Crippen LogP contribution in [0, 0.1) is 13.8 Å². The van der Waals surface area contributed by atoms with Gasteiger partial charge in [-0.3, -0.25) is 14.2 Å². The van der Waals surface area contributed by atoms with E-state index in [0.29, 0.717) is 21.9 Å². The summed E-state index contributed by atoms with van der Waals surface area (Å²) in [5.74, 6) is -1.05. The third-order valence-corrected chi connectivity index (χ3v) is 4.62. The quantitative estimate of drug-likeness (QED) is 0.799. The van der Waals surface area contributed by atoms with Gasteiger partial charge in [-0.1, -0.05) is 23.5 Å². The Morgan fingerprint density at radius 1 is 1.35 bits per heavy atom. The van der Waals surface area contributed by atoms with Gasteiger partial charge >= 0.3 is 5.97 Å². The summed E-state index contributed by atoms with van der Waals surface area (Å²) in [4.78, 5) is 32.7. The van der Waals surface area contributed by atoms with Crippen LogP contribution >= 0.6 is 11.3 Å². The number of nitrogens with zero attached hydrogens (tertiary/aromatic N) is 3. The monoisotopic (exact) mass is 327 g/mol. The SMILES string of the molecule is Cc1c(/C=C/c2cccnc2)nc2sc(C(=O)O)c(C)n2c1=O. The van der Waals surface area contributed by atoms with Crippen molar-refractivity contribution in [2.75, 3.05) is 0 Å². The zero-order chi connectivity index (χ0) is 16.6. The fraction of sp³-hybridized carbons (Fsp3) is 0.125. The summed E-state index contributed by atoms with van der Waals surface area (Å²) < 4.78 is 1.35. The molecule has 0 amide bonds. The fourth-order valence-electron chi connectivity index (χ4n) is 2.24. The molecule has 0 aliphatic rings. The minimum atomic E-state index is -1.05. The van der Waals surface area contributed by atoms with Gasteiger partial charge in [0.15, 0.2) is 4.96 Å². The molecule has 7 heteroatoms. The molecule has 23 heavy (non-hydrogen) atoms. The molecule has 3 aromatic heterocycles. The van der Waals surface area contributed by atoms with E-state index in [1.807, 2.05) is 18.2 Å². The van der Waals surface area contributed by atoms with Crippen molar-refractivity contribution in [2.45, 2.75) is 13.8 Å². The van der Waals surface area contributed by atoms with Crippen LogP contribution in [0.4, 0.5) is 0 Å². The summed E-state index contributed by atoms with van der Waals surface area (Å²) in [6, 6.07) is 3.71. The molecule has 0 bridgehead atoms. The van der Waals surface area contributed by atoms with E-state index in [1.54, 1.807) is 32.3 Å². The first-order valence-corrected chi connectivity index (χ1v) is 7.65. The summed E-state index contributed by atoms with van der Waals surface area (Å²) in [5.41, 5.74) is 2.04. The standard InChI is InChI=1S/C16H13N3O3S/c1-9-12(6-5-11-4-3-7-17-8-11)18-16-19(14(9)20)10(2)13(23-16)15(21)22/h3-8H,1-2H3,(H,21,22)/b6-5+. The number of pyridine rings is 1. The van der Waals surface area contributed by atoms with Crippen molar-refractivity contribution in [3.8, 4) is 0 Å². The molecule has 3 heterocycles. The maximum Gasteiger partial charge on any atom is 0.347 e. The van der Waals surface area contributed by atoms with Gasteiger partial charge in [0.25, 0.3) is 5.56 Å². The minimum Gasteiger partial charge on any atom is -0.477 e. The fourth-order valence-corrected chi connectivity index (χ4v) is 3.21. The van der Waals surface area contributed by atoms with Gasteiger partial charge in [0, 0.05) is 18.0 Å². The molecule has 1 N–H and O–H groups in total. The molecular weight excluding hydrogens is 314 g/mol. The average Bonchev–Trinajstić information content (AvgIpc) is 2.87. The Labute approximate surface area is 135 Å². The van der Waals surface area contributed by atoms with Crippen molar-refractivity contribution in [1.82, 2.24) is 14.4 Å². The molecule has 0 spiro atoms. The number of rotatable bonds is 3. The first-order chi connectivity index (χ1) is 11.0. The summed E-state index contributed by atoms with van der Waals surface area (Å²) in [6.45, 7) is 3.29. The molecule has 116 valence electrons. The van der Waals surface area contributed by atoms with Gasteiger partial charge in [0.2, 0.25) is 0 Å². The van der Waals surface area contributed by atoms with E-state index in [9.17, 15) is 14.7 Å². The van der Waals surface area contributed by atoms with Crippen LogP contribution in [0.1, 0.15) is 32.2 Å². The summed E-state index contributed by atoms with van der Waals surface area (Å²) in [6.07, 6.45) is 6.94. The highest BCUT2D eigenvalue weighted by molar-refractivity contribution is 7.18. The Morgan fingerprint density at radius 3 is 2.78 bits per heavy atom. The second-order valence-electron chi connectivity index (χ2n) is 4.99. The number of carbonyl (C=O) groups is 1. The normalized spacial score (nSPS) is 11.4. The molecule has 0 aliphatic heterocycles. The second-order valence-corrected chi connectivity index (χ2v) is 5.96. The maximum atomic E-state index is 12.5. The Balaban J connectivity index is 2.16. The van der Waals surface area contributed by atoms with Gasteiger partial charge in [0.05, 0.1) is 11.4 Å². The first-order valence-electron chi connectivity index (χ1n) is 6.83. The van der Waals surface area contributed by atoms with Crippen LogP contribution in [0.25, 0.3) is 17.1 Å². The molecular formula is C16H13N3O3S. The van der Waals surface area contributed by atoms with Crippen LogP contribution in [0.2, 0.25) is 0 Å². The van der Waals surface area contributed by atoms with Crippen LogP contribution in [0.3, 0.4) is 0 Å². The lowest BCUT2D eigenvalue weighted by Crippen LogP contribution is -2.19. The molecule has 0 saturated carbocycles. The summed E-state index contributed by atoms with van der Waals surface area (Å²) in [5, 5.41) is 9.19. The van der Waals surface area contributed by atoms with Crippen molar-refractivity contribution < 1.29 is 9.90 Å². The van der Waals surface area contributed by atoms with Crippen LogP contribution in [0.5, 0.6) is 0 Å². The Kier molecular flexibility index (Phi) is 3.79. The number of aryl methyl sites for hydroxylation is 1. The molecule has 0 saturated heterocycles. The van der Waals surface area contributed by atoms with Crippen LogP contribution in [-0.4, -0.2) is 25.4 Å². The lowest BCUT2D eigenvalue weighted by Gasteiger charge is -2.02. The highest BCUT2D eigenvalue weighted by atomic mass is 32.1. The zero-order valence-electron chi connectivity index (χ0n) is 12.5. The lowest BCUT2D eigenvalue weighted by molar-refractivity contribution is 0.0701. The average molecular weight is 327 g/mol. The number of hydrogen-bond donors (Lipinski definition) is 1. The number of fused-ring (bicyclic) bond motifs is 1. The van der Waals surface area contributed by atoms with Gasteiger partial charge in [-0.2, -0.15) is 0 Å². The molecule has 0 unspecified atom stereocenters. The van der Waals surface area contributed by atoms with Gasteiger partial charge < -0.3 is 5.11 Å². The summed E-state index contributed by atoms with van der Waals surface area (Å²) >= 11 is 0.997. The van der Waals surface area contributed by atoms with E-state index < -0.39 is 5.97 Å². The smallest absolute Gasteiger partial charge is 0.347 e. The molecule has 0 fully saturated rings. The highest BCUT2D eigenvalue weighted by Crippen LogP contribution is 2.21. The molecule has 0 aromatic carbocycles. The van der Waals surface area contributed by atoms with E-state index in [-0.39, 0.29) is 10.4 Å². The van der Waals surface area contributed by atoms with Crippen LogP contribution in [0.15, 0.2) is 29.3 Å². The Morgan fingerprint density at radius 2 is 2.13 bits per heavy atom. The van der Waals surface area contributed by atoms with Gasteiger partial charge in [-0.25, -0.2) is 9.78 Å². The van der Waals surface area contributed by atoms with E-state index in [4.69, 9.17) is 0 Å². The van der Waals surface area contributed by atoms with Crippen molar-refractivity contribution >= 4 is 34.4 Å². The van der Waals surface area contributed by atoms with Gasteiger partial charge in [0.1, 0.15) is 4.88 Å². The molecule has 0 radical (unpaired) electrons. The number of hydrogen-bond acceptors (Lipinski definition) is 5. The third-order valence-electron chi connectivity index (χ3n) is 3.49. The topological polar surface area (TPSA) is 84.6 Å². The van der Waals surface area contributed by atoms with Gasteiger partial charge in [-0.05, 0) is 31.6 Å². The van der Waals surface area contributed by atoms with Crippen LogP contribution in [-0.2, 0) is 0 Å². The predicted octanol–water partition coefficient (Wildman–Crippen LogP) is 2.64. The lowest BCUT2D eigenvalue weighted by atomic mass is 10.2. The molecule has 3 aromatic rings. The van der Waals surface area contributed by atoms with Crippen molar-refractivity contribution in [2.24, 2.45) is 0 Å². The first kappa shape index (κ1) is 15.1. The van der Waals surface area contributed by atoms with Crippen molar-refractivity contribution in [1.29, 1.82) is 0 Å². The minimum absolute atomic E-state index is 0.127. The second kappa shape index (κ2) is 5.77. The number of carboxylic acid groups (broad SMARTS) is 1. The highest BCUT2D eigenvalue weighted by Gasteiger charge is 2.18. The number of thiazole rings is 1. The molecule has 0 atom stereocenters. The maximum absolute atomic E-state index is 12.5. The van der Waals surface area contributed by atoms with E-state index >= 15 is 0 Å². The predicted molar refractivity (Wildman–Crippen MR) is 88.9 cm³/mol. The number of aromatic carboxylic acids is 1. The number of aromatic nitrogens is 3. The van der Waals surface area contributed by atoms with E-state index in [1.165, 1.54) is 4.40 Å². The molecule has 3 rings (SSSR count). The summed E-state index contributed by atoms with van der Waals surface area (Å²) in [7, 11) is 0. The van der Waals surface area contributed by atoms with Crippen molar-refractivity contribution in [3.05, 3.63) is 62.3 Å². The third kappa shape index (κ3) is 2.66. The Bertz CT molecular complexity index is 987. The van der Waals surface area contributed by atoms with Crippen LogP contribution < -0.4 is 5.56 Å². The number of carboxylic acids is 1. The van der Waals surface area contributed by atoms with E-state index in [0.717, 1.165) is 16.9 Å². The van der Waals surface area contributed by atoms with Gasteiger partial charge in [-0.15, -0.1) is 0 Å². The largest absolute Gasteiger partial charge is 0.477 e. The van der Waals surface area contributed by atoms with Crippen molar-refractivity contribution in [3.63, 3.8) is 0 Å². The van der Waals surface area contributed by atoms with E-state index in [2.05, 4.69) is 9.97 Å².